The van der Waals surface area contributed by atoms with Crippen molar-refractivity contribution in [1.29, 1.82) is 0 Å². The molecule has 0 aliphatic carbocycles. The van der Waals surface area contributed by atoms with Gasteiger partial charge in [-0.15, -0.1) is 0 Å². The highest BCUT2D eigenvalue weighted by Gasteiger charge is 2.16. The van der Waals surface area contributed by atoms with Crippen LogP contribution in [-0.4, -0.2) is 16.8 Å². The van der Waals surface area contributed by atoms with E-state index < -0.39 is 11.8 Å². The third-order valence-corrected chi connectivity index (χ3v) is 2.35. The van der Waals surface area contributed by atoms with E-state index in [1.807, 2.05) is 0 Å². The van der Waals surface area contributed by atoms with Gasteiger partial charge in [0, 0.05) is 11.6 Å². The van der Waals surface area contributed by atoms with Crippen LogP contribution in [0.25, 0.3) is 10.9 Å². The molecule has 0 radical (unpaired) electrons. The van der Waals surface area contributed by atoms with Gasteiger partial charge in [0.15, 0.2) is 0 Å². The number of carbonyl (C=O) groups is 2. The molecule has 1 aliphatic heterocycles. The lowest BCUT2D eigenvalue weighted by Crippen LogP contribution is -2.34. The Morgan fingerprint density at radius 3 is 2.62 bits per heavy atom. The molecule has 0 saturated heterocycles. The SMILES string of the molecule is O=C1N=c2ccc3ncccc3c2=NC1=O. The molecule has 2 aromatic rings. The standard InChI is InChI=1S/C11H5N3O2/c15-10-11(16)14-9-6-2-1-5-12-7(6)3-4-8(9)13-10/h1-5H. The van der Waals surface area contributed by atoms with Gasteiger partial charge in [-0.05, 0) is 24.3 Å². The Hall–Kier alpha value is -2.43. The molecular weight excluding hydrogens is 206 g/mol. The molecule has 0 unspecified atom stereocenters. The van der Waals surface area contributed by atoms with E-state index in [-0.39, 0.29) is 0 Å². The summed E-state index contributed by atoms with van der Waals surface area (Å²) < 4.78 is 0. The summed E-state index contributed by atoms with van der Waals surface area (Å²) in [6, 6.07) is 6.93. The largest absolute Gasteiger partial charge is 0.338 e. The van der Waals surface area contributed by atoms with E-state index in [1.165, 1.54) is 0 Å². The maximum atomic E-state index is 11.2. The summed E-state index contributed by atoms with van der Waals surface area (Å²) >= 11 is 0. The van der Waals surface area contributed by atoms with Crippen molar-refractivity contribution in [3.05, 3.63) is 41.2 Å². The highest BCUT2D eigenvalue weighted by atomic mass is 16.2. The van der Waals surface area contributed by atoms with E-state index in [2.05, 4.69) is 15.0 Å². The molecule has 5 nitrogen and oxygen atoms in total. The number of rotatable bonds is 0. The first-order chi connectivity index (χ1) is 7.75. The second-order valence-corrected chi connectivity index (χ2v) is 3.34. The molecule has 0 spiro atoms. The lowest BCUT2D eigenvalue weighted by atomic mass is 10.2. The number of amides is 2. The summed E-state index contributed by atoms with van der Waals surface area (Å²) in [7, 11) is 0. The van der Waals surface area contributed by atoms with Crippen LogP contribution in [0, 0.1) is 0 Å². The van der Waals surface area contributed by atoms with Gasteiger partial charge in [-0.25, -0.2) is 9.98 Å². The topological polar surface area (TPSA) is 71.8 Å². The molecule has 1 aromatic heterocycles. The fraction of sp³-hybridized carbons (Fsp3) is 0. The van der Waals surface area contributed by atoms with E-state index in [9.17, 15) is 9.59 Å². The van der Waals surface area contributed by atoms with Crippen molar-refractivity contribution in [3.63, 3.8) is 0 Å². The highest BCUT2D eigenvalue weighted by molar-refractivity contribution is 6.36. The predicted molar refractivity (Wildman–Crippen MR) is 54.1 cm³/mol. The van der Waals surface area contributed by atoms with Crippen LogP contribution in [0.1, 0.15) is 0 Å². The zero-order chi connectivity index (χ0) is 11.1. The maximum Gasteiger partial charge on any atom is 0.338 e. The Bertz CT molecular complexity index is 749. The smallest absolute Gasteiger partial charge is 0.261 e. The second-order valence-electron chi connectivity index (χ2n) is 3.34. The Morgan fingerprint density at radius 1 is 0.938 bits per heavy atom. The minimum absolute atomic E-state index is 0.421. The van der Waals surface area contributed by atoms with Crippen LogP contribution in [0.15, 0.2) is 40.4 Å². The molecular formula is C11H5N3O2. The van der Waals surface area contributed by atoms with Crippen LogP contribution in [0.5, 0.6) is 0 Å². The first kappa shape index (κ1) is 8.84. The van der Waals surface area contributed by atoms with Gasteiger partial charge in [0.25, 0.3) is 0 Å². The average molecular weight is 211 g/mol. The lowest BCUT2D eigenvalue weighted by molar-refractivity contribution is -0.135. The fourth-order valence-electron chi connectivity index (χ4n) is 1.64. The van der Waals surface area contributed by atoms with Crippen LogP contribution in [0.4, 0.5) is 0 Å². The van der Waals surface area contributed by atoms with Crippen molar-refractivity contribution in [3.8, 4) is 0 Å². The number of hydrogen-bond donors (Lipinski definition) is 0. The normalized spacial score (nSPS) is 14.2. The fourth-order valence-corrected chi connectivity index (χ4v) is 1.64. The molecule has 3 rings (SSSR count). The molecule has 5 heteroatoms. The number of benzene rings is 1. The molecule has 76 valence electrons. The summed E-state index contributed by atoms with van der Waals surface area (Å²) in [6.45, 7) is 0. The highest BCUT2D eigenvalue weighted by Crippen LogP contribution is 2.03. The van der Waals surface area contributed by atoms with Gasteiger partial charge in [0.1, 0.15) is 5.36 Å². The molecule has 0 fully saturated rings. The van der Waals surface area contributed by atoms with E-state index in [1.54, 1.807) is 30.5 Å². The summed E-state index contributed by atoms with van der Waals surface area (Å²) in [5.41, 5.74) is 0.724. The molecule has 0 N–H and O–H groups in total. The first-order valence-corrected chi connectivity index (χ1v) is 4.65. The summed E-state index contributed by atoms with van der Waals surface area (Å²) in [6.07, 6.45) is 1.65. The monoisotopic (exact) mass is 211 g/mol. The van der Waals surface area contributed by atoms with E-state index in [0.717, 1.165) is 10.9 Å². The van der Waals surface area contributed by atoms with Gasteiger partial charge in [-0.3, -0.25) is 14.6 Å². The minimum atomic E-state index is -0.830. The summed E-state index contributed by atoms with van der Waals surface area (Å²) in [5.74, 6) is -1.65. The Balaban J connectivity index is 2.59. The van der Waals surface area contributed by atoms with Crippen LogP contribution in [0.2, 0.25) is 0 Å². The van der Waals surface area contributed by atoms with Crippen LogP contribution >= 0.6 is 0 Å². The number of nitrogens with zero attached hydrogens (tertiary/aromatic N) is 3. The maximum absolute atomic E-state index is 11.2. The van der Waals surface area contributed by atoms with E-state index in [4.69, 9.17) is 0 Å². The first-order valence-electron chi connectivity index (χ1n) is 4.65. The lowest BCUT2D eigenvalue weighted by Gasteiger charge is -2.00. The molecule has 0 bridgehead atoms. The van der Waals surface area contributed by atoms with E-state index in [0.29, 0.717) is 10.7 Å². The van der Waals surface area contributed by atoms with Gasteiger partial charge in [-0.2, -0.15) is 0 Å². The molecule has 16 heavy (non-hydrogen) atoms. The Morgan fingerprint density at radius 2 is 1.75 bits per heavy atom. The minimum Gasteiger partial charge on any atom is -0.261 e. The number of carbonyl (C=O) groups excluding carboxylic acids is 2. The van der Waals surface area contributed by atoms with Crippen molar-refractivity contribution >= 4 is 22.7 Å². The van der Waals surface area contributed by atoms with Gasteiger partial charge >= 0.3 is 11.8 Å². The van der Waals surface area contributed by atoms with Gasteiger partial charge in [-0.1, -0.05) is 0 Å². The predicted octanol–water partition coefficient (Wildman–Crippen LogP) is -0.459. The molecule has 1 aromatic carbocycles. The summed E-state index contributed by atoms with van der Waals surface area (Å²) in [4.78, 5) is 33.8. The molecule has 2 amide bonds. The van der Waals surface area contributed by atoms with E-state index >= 15 is 0 Å². The molecule has 0 atom stereocenters. The molecule has 1 aliphatic rings. The average Bonchev–Trinajstić information content (AvgIpc) is 2.31. The van der Waals surface area contributed by atoms with Crippen LogP contribution in [-0.2, 0) is 9.59 Å². The van der Waals surface area contributed by atoms with Gasteiger partial charge < -0.3 is 0 Å². The number of fused-ring (bicyclic) bond motifs is 3. The van der Waals surface area contributed by atoms with Gasteiger partial charge in [0.05, 0.1) is 10.9 Å². The quantitative estimate of drug-likeness (QED) is 0.553. The van der Waals surface area contributed by atoms with Crippen molar-refractivity contribution in [2.24, 2.45) is 9.98 Å². The Kier molecular flexibility index (Phi) is 1.67. The van der Waals surface area contributed by atoms with Crippen molar-refractivity contribution in [1.82, 2.24) is 4.98 Å². The number of hydrogen-bond acceptors (Lipinski definition) is 3. The Labute approximate surface area is 89.2 Å². The number of pyridine rings is 1. The number of aromatic nitrogens is 1. The van der Waals surface area contributed by atoms with Gasteiger partial charge in [0.2, 0.25) is 0 Å². The third-order valence-electron chi connectivity index (χ3n) is 2.35. The zero-order valence-corrected chi connectivity index (χ0v) is 8.04. The van der Waals surface area contributed by atoms with Crippen molar-refractivity contribution < 1.29 is 9.59 Å². The summed E-state index contributed by atoms with van der Waals surface area (Å²) in [5, 5.41) is 1.57. The van der Waals surface area contributed by atoms with Crippen molar-refractivity contribution in [2.75, 3.05) is 0 Å². The van der Waals surface area contributed by atoms with Crippen LogP contribution in [0.3, 0.4) is 0 Å². The van der Waals surface area contributed by atoms with Crippen molar-refractivity contribution in [2.45, 2.75) is 0 Å². The molecule has 0 saturated carbocycles. The molecule has 2 heterocycles. The second kappa shape index (κ2) is 3.03. The van der Waals surface area contributed by atoms with Crippen LogP contribution < -0.4 is 10.7 Å². The third kappa shape index (κ3) is 1.15. The zero-order valence-electron chi connectivity index (χ0n) is 8.04.